The molecule has 0 spiro atoms. The average molecular weight is 377 g/mol. The third-order valence-electron chi connectivity index (χ3n) is 5.08. The number of hydrogen-bond acceptors (Lipinski definition) is 3. The van der Waals surface area contributed by atoms with Crippen molar-refractivity contribution in [1.82, 2.24) is 15.1 Å². The second kappa shape index (κ2) is 7.38. The Morgan fingerprint density at radius 1 is 1.18 bits per heavy atom. The van der Waals surface area contributed by atoms with Gasteiger partial charge < -0.3 is 5.32 Å². The molecule has 0 bridgehead atoms. The topological polar surface area (TPSA) is 64.0 Å². The fourth-order valence-electron chi connectivity index (χ4n) is 3.70. The van der Waals surface area contributed by atoms with Crippen molar-refractivity contribution in [3.63, 3.8) is 0 Å². The van der Waals surface area contributed by atoms with Gasteiger partial charge in [-0.05, 0) is 49.4 Å². The van der Waals surface area contributed by atoms with Crippen molar-refractivity contribution in [3.05, 3.63) is 93.2 Å². The van der Waals surface area contributed by atoms with Gasteiger partial charge in [-0.2, -0.15) is 5.10 Å². The molecule has 4 rings (SSSR count). The summed E-state index contributed by atoms with van der Waals surface area (Å²) in [5, 5.41) is 7.11. The lowest BCUT2D eigenvalue weighted by atomic mass is 9.87. The van der Waals surface area contributed by atoms with Gasteiger partial charge in [0.25, 0.3) is 5.91 Å². The first-order valence-corrected chi connectivity index (χ1v) is 9.29. The van der Waals surface area contributed by atoms with E-state index in [1.165, 1.54) is 22.4 Å². The third kappa shape index (κ3) is 3.33. The second-order valence-electron chi connectivity index (χ2n) is 6.98. The lowest BCUT2D eigenvalue weighted by molar-refractivity contribution is 0.0924. The summed E-state index contributed by atoms with van der Waals surface area (Å²) < 4.78 is 15.5. The molecule has 6 heteroatoms. The van der Waals surface area contributed by atoms with E-state index in [9.17, 15) is 14.0 Å². The lowest BCUT2D eigenvalue weighted by Gasteiger charge is -2.26. The number of para-hydroxylation sites is 1. The monoisotopic (exact) mass is 377 g/mol. The van der Waals surface area contributed by atoms with E-state index in [1.807, 2.05) is 18.2 Å². The van der Waals surface area contributed by atoms with Gasteiger partial charge in [-0.1, -0.05) is 36.4 Å². The first kappa shape index (κ1) is 18.1. The molecule has 1 amide bonds. The van der Waals surface area contributed by atoms with E-state index in [2.05, 4.69) is 16.5 Å². The standard InChI is InChI=1S/C22H20FN3O2/c1-14-13-20(27)21(25-26(14)19-12-5-4-10-17(19)23)22(28)24-18-11-6-8-15-7-2-3-9-16(15)18/h2-5,7,9-10,12-13,18H,6,8,11H2,1H3,(H,24,28)/t18-/m0/s1. The number of halogens is 1. The Balaban J connectivity index is 1.68. The van der Waals surface area contributed by atoms with Crippen molar-refractivity contribution >= 4 is 5.91 Å². The predicted octanol–water partition coefficient (Wildman–Crippen LogP) is 3.49. The predicted molar refractivity (Wildman–Crippen MR) is 104 cm³/mol. The fourth-order valence-corrected chi connectivity index (χ4v) is 3.70. The molecular formula is C22H20FN3O2. The molecule has 1 aliphatic carbocycles. The largest absolute Gasteiger partial charge is 0.344 e. The van der Waals surface area contributed by atoms with E-state index in [0.29, 0.717) is 5.69 Å². The van der Waals surface area contributed by atoms with Crippen LogP contribution in [0.1, 0.15) is 46.2 Å². The van der Waals surface area contributed by atoms with Crippen LogP contribution in [0.5, 0.6) is 0 Å². The number of hydrogen-bond donors (Lipinski definition) is 1. The van der Waals surface area contributed by atoms with Crippen LogP contribution >= 0.6 is 0 Å². The van der Waals surface area contributed by atoms with E-state index >= 15 is 0 Å². The minimum Gasteiger partial charge on any atom is -0.344 e. The molecule has 142 valence electrons. The van der Waals surface area contributed by atoms with E-state index < -0.39 is 17.2 Å². The van der Waals surface area contributed by atoms with Crippen molar-refractivity contribution < 1.29 is 9.18 Å². The van der Waals surface area contributed by atoms with Crippen LogP contribution in [0.2, 0.25) is 0 Å². The van der Waals surface area contributed by atoms with Crippen LogP contribution in [-0.4, -0.2) is 15.7 Å². The molecule has 2 aromatic carbocycles. The van der Waals surface area contributed by atoms with Gasteiger partial charge in [0.15, 0.2) is 5.69 Å². The third-order valence-corrected chi connectivity index (χ3v) is 5.08. The minimum absolute atomic E-state index is 0.165. The molecule has 0 unspecified atom stereocenters. The van der Waals surface area contributed by atoms with Gasteiger partial charge in [-0.25, -0.2) is 9.07 Å². The summed E-state index contributed by atoms with van der Waals surface area (Å²) in [5.41, 5.74) is 2.21. The molecule has 1 N–H and O–H groups in total. The molecule has 1 aromatic heterocycles. The van der Waals surface area contributed by atoms with Gasteiger partial charge in [0.05, 0.1) is 6.04 Å². The highest BCUT2D eigenvalue weighted by molar-refractivity contribution is 5.92. The van der Waals surface area contributed by atoms with Crippen LogP contribution < -0.4 is 10.7 Å². The highest BCUT2D eigenvalue weighted by atomic mass is 19.1. The van der Waals surface area contributed by atoms with Crippen LogP contribution in [0.25, 0.3) is 5.69 Å². The molecule has 1 aliphatic rings. The summed E-state index contributed by atoms with van der Waals surface area (Å²) in [4.78, 5) is 25.2. The second-order valence-corrected chi connectivity index (χ2v) is 6.98. The van der Waals surface area contributed by atoms with Crippen molar-refractivity contribution in [1.29, 1.82) is 0 Å². The zero-order valence-corrected chi connectivity index (χ0v) is 15.5. The molecule has 1 atom stereocenters. The van der Waals surface area contributed by atoms with E-state index in [0.717, 1.165) is 24.8 Å². The summed E-state index contributed by atoms with van der Waals surface area (Å²) in [5.74, 6) is -1.02. The van der Waals surface area contributed by atoms with E-state index in [-0.39, 0.29) is 17.4 Å². The Morgan fingerprint density at radius 2 is 1.93 bits per heavy atom. The molecule has 28 heavy (non-hydrogen) atoms. The maximum absolute atomic E-state index is 14.2. The first-order valence-electron chi connectivity index (χ1n) is 9.29. The Morgan fingerprint density at radius 3 is 2.75 bits per heavy atom. The Bertz CT molecular complexity index is 1110. The summed E-state index contributed by atoms with van der Waals surface area (Å²) in [6, 6.07) is 15.2. The molecule has 0 saturated carbocycles. The van der Waals surface area contributed by atoms with Gasteiger partial charge in [0.1, 0.15) is 11.5 Å². The SMILES string of the molecule is Cc1cc(=O)c(C(=O)N[C@H]2CCCc3ccccc32)nn1-c1ccccc1F. The lowest BCUT2D eigenvalue weighted by Crippen LogP contribution is -2.35. The van der Waals surface area contributed by atoms with Crippen LogP contribution in [0.3, 0.4) is 0 Å². The van der Waals surface area contributed by atoms with E-state index in [1.54, 1.807) is 25.1 Å². The number of nitrogens with zero attached hydrogens (tertiary/aromatic N) is 2. The molecule has 0 aliphatic heterocycles. The van der Waals surface area contributed by atoms with Crippen LogP contribution in [-0.2, 0) is 6.42 Å². The molecule has 0 radical (unpaired) electrons. The number of benzene rings is 2. The van der Waals surface area contributed by atoms with Crippen LogP contribution in [0.15, 0.2) is 59.4 Å². The molecule has 0 fully saturated rings. The number of rotatable bonds is 3. The normalized spacial score (nSPS) is 15.7. The smallest absolute Gasteiger partial charge is 0.276 e. The Labute approximate surface area is 161 Å². The molecule has 1 heterocycles. The number of carbonyl (C=O) groups is 1. The van der Waals surface area contributed by atoms with Crippen molar-refractivity contribution in [2.45, 2.75) is 32.2 Å². The maximum atomic E-state index is 14.2. The summed E-state index contributed by atoms with van der Waals surface area (Å²) in [6.07, 6.45) is 2.74. The fraction of sp³-hybridized carbons (Fsp3) is 0.227. The number of carbonyl (C=O) groups excluding carboxylic acids is 1. The summed E-state index contributed by atoms with van der Waals surface area (Å²) in [7, 11) is 0. The molecule has 5 nitrogen and oxygen atoms in total. The maximum Gasteiger partial charge on any atom is 0.276 e. The highest BCUT2D eigenvalue weighted by Crippen LogP contribution is 2.29. The molecular weight excluding hydrogens is 357 g/mol. The Kier molecular flexibility index (Phi) is 4.77. The summed E-state index contributed by atoms with van der Waals surface area (Å²) >= 11 is 0. The van der Waals surface area contributed by atoms with Gasteiger partial charge >= 0.3 is 0 Å². The molecule has 3 aromatic rings. The Hall–Kier alpha value is -3.28. The highest BCUT2D eigenvalue weighted by Gasteiger charge is 2.24. The number of aryl methyl sites for hydroxylation is 2. The van der Waals surface area contributed by atoms with E-state index in [4.69, 9.17) is 0 Å². The minimum atomic E-state index is -0.545. The molecule has 0 saturated heterocycles. The van der Waals surface area contributed by atoms with Crippen molar-refractivity contribution in [3.8, 4) is 5.69 Å². The van der Waals surface area contributed by atoms with Gasteiger partial charge in [-0.3, -0.25) is 9.59 Å². The van der Waals surface area contributed by atoms with Gasteiger partial charge in [-0.15, -0.1) is 0 Å². The number of aromatic nitrogens is 2. The van der Waals surface area contributed by atoms with Gasteiger partial charge in [0.2, 0.25) is 5.43 Å². The van der Waals surface area contributed by atoms with Crippen molar-refractivity contribution in [2.24, 2.45) is 0 Å². The van der Waals surface area contributed by atoms with Crippen LogP contribution in [0.4, 0.5) is 4.39 Å². The summed E-state index contributed by atoms with van der Waals surface area (Å²) in [6.45, 7) is 1.65. The quantitative estimate of drug-likeness (QED) is 0.760. The van der Waals surface area contributed by atoms with Crippen molar-refractivity contribution in [2.75, 3.05) is 0 Å². The zero-order valence-electron chi connectivity index (χ0n) is 15.5. The van der Waals surface area contributed by atoms with Gasteiger partial charge in [0, 0.05) is 11.8 Å². The number of nitrogens with one attached hydrogen (secondary N) is 1. The number of fused-ring (bicyclic) bond motifs is 1. The average Bonchev–Trinajstić information content (AvgIpc) is 2.69. The first-order chi connectivity index (χ1) is 13.5. The number of amides is 1. The zero-order chi connectivity index (χ0) is 19.7. The van der Waals surface area contributed by atoms with Crippen LogP contribution in [0, 0.1) is 12.7 Å².